The van der Waals surface area contributed by atoms with Crippen LogP contribution >= 0.6 is 11.3 Å². The lowest BCUT2D eigenvalue weighted by Gasteiger charge is -2.31. The Balaban J connectivity index is 1.88. The molecule has 1 fully saturated rings. The highest BCUT2D eigenvalue weighted by Crippen LogP contribution is 2.16. The van der Waals surface area contributed by atoms with Gasteiger partial charge in [0.25, 0.3) is 0 Å². The molecule has 1 aliphatic heterocycles. The SMILES string of the molecule is CN1CCN(Cc2cc(C#CCN)cs2)CC1. The van der Waals surface area contributed by atoms with E-state index in [-0.39, 0.29) is 0 Å². The molecule has 2 heterocycles. The van der Waals surface area contributed by atoms with Gasteiger partial charge in [-0.2, -0.15) is 0 Å². The summed E-state index contributed by atoms with van der Waals surface area (Å²) in [4.78, 5) is 6.28. The zero-order valence-corrected chi connectivity index (χ0v) is 11.1. The van der Waals surface area contributed by atoms with Crippen LogP contribution in [-0.2, 0) is 6.54 Å². The fourth-order valence-electron chi connectivity index (χ4n) is 1.91. The number of piperazine rings is 1. The molecule has 92 valence electrons. The Morgan fingerprint density at radius 1 is 1.35 bits per heavy atom. The second kappa shape index (κ2) is 6.18. The van der Waals surface area contributed by atoms with Crippen molar-refractivity contribution in [1.82, 2.24) is 9.80 Å². The number of hydrogen-bond acceptors (Lipinski definition) is 4. The predicted octanol–water partition coefficient (Wildman–Crippen LogP) is 0.806. The summed E-state index contributed by atoms with van der Waals surface area (Å²) in [7, 11) is 2.18. The van der Waals surface area contributed by atoms with Gasteiger partial charge >= 0.3 is 0 Å². The smallest absolute Gasteiger partial charge is 0.0555 e. The number of likely N-dealkylation sites (N-methyl/N-ethyl adjacent to an activating group) is 1. The fraction of sp³-hybridized carbons (Fsp3) is 0.538. The van der Waals surface area contributed by atoms with Crippen molar-refractivity contribution < 1.29 is 0 Å². The molecule has 0 atom stereocenters. The summed E-state index contributed by atoms with van der Waals surface area (Å²) in [5.41, 5.74) is 6.46. The quantitative estimate of drug-likeness (QED) is 0.787. The summed E-state index contributed by atoms with van der Waals surface area (Å²) in [5, 5.41) is 2.12. The van der Waals surface area contributed by atoms with E-state index in [9.17, 15) is 0 Å². The molecule has 4 heteroatoms. The Bertz CT molecular complexity index is 408. The number of nitrogens with zero attached hydrogens (tertiary/aromatic N) is 2. The third-order valence-corrected chi connectivity index (χ3v) is 3.89. The lowest BCUT2D eigenvalue weighted by Crippen LogP contribution is -2.43. The Kier molecular flexibility index (Phi) is 4.57. The number of thiophene rings is 1. The minimum atomic E-state index is 0.434. The lowest BCUT2D eigenvalue weighted by molar-refractivity contribution is 0.149. The topological polar surface area (TPSA) is 32.5 Å². The average molecular weight is 249 g/mol. The molecule has 0 aromatic carbocycles. The molecule has 0 aliphatic carbocycles. The number of hydrogen-bond donors (Lipinski definition) is 1. The molecule has 1 aromatic heterocycles. The molecule has 3 nitrogen and oxygen atoms in total. The first kappa shape index (κ1) is 12.6. The highest BCUT2D eigenvalue weighted by atomic mass is 32.1. The van der Waals surface area contributed by atoms with E-state index in [0.717, 1.165) is 25.2 Å². The molecule has 1 saturated heterocycles. The monoisotopic (exact) mass is 249 g/mol. The molecule has 0 amide bonds. The van der Waals surface area contributed by atoms with E-state index in [2.05, 4.69) is 40.1 Å². The van der Waals surface area contributed by atoms with Gasteiger partial charge in [0.2, 0.25) is 0 Å². The molecule has 1 aromatic rings. The van der Waals surface area contributed by atoms with Gasteiger partial charge in [0, 0.05) is 48.5 Å². The van der Waals surface area contributed by atoms with Gasteiger partial charge in [0.05, 0.1) is 6.54 Å². The minimum Gasteiger partial charge on any atom is -0.320 e. The van der Waals surface area contributed by atoms with Crippen molar-refractivity contribution in [3.05, 3.63) is 21.9 Å². The highest BCUT2D eigenvalue weighted by Gasteiger charge is 2.14. The molecular weight excluding hydrogens is 230 g/mol. The third kappa shape index (κ3) is 3.83. The summed E-state index contributed by atoms with van der Waals surface area (Å²) >= 11 is 1.80. The number of rotatable bonds is 2. The second-order valence-electron chi connectivity index (χ2n) is 4.39. The maximum Gasteiger partial charge on any atom is 0.0555 e. The highest BCUT2D eigenvalue weighted by molar-refractivity contribution is 7.10. The molecule has 2 N–H and O–H groups in total. The van der Waals surface area contributed by atoms with Crippen molar-refractivity contribution in [1.29, 1.82) is 0 Å². The Morgan fingerprint density at radius 2 is 2.12 bits per heavy atom. The van der Waals surface area contributed by atoms with Crippen LogP contribution < -0.4 is 5.73 Å². The molecule has 17 heavy (non-hydrogen) atoms. The van der Waals surface area contributed by atoms with Gasteiger partial charge in [-0.25, -0.2) is 0 Å². The lowest BCUT2D eigenvalue weighted by atomic mass is 10.3. The molecule has 0 spiro atoms. The van der Waals surface area contributed by atoms with Gasteiger partial charge in [-0.1, -0.05) is 11.8 Å². The molecule has 1 aliphatic rings. The van der Waals surface area contributed by atoms with Crippen LogP contribution in [0.25, 0.3) is 0 Å². The molecular formula is C13H19N3S. The van der Waals surface area contributed by atoms with Crippen molar-refractivity contribution in [2.24, 2.45) is 5.73 Å². The van der Waals surface area contributed by atoms with Gasteiger partial charge in [-0.05, 0) is 13.1 Å². The second-order valence-corrected chi connectivity index (χ2v) is 5.38. The third-order valence-electron chi connectivity index (χ3n) is 2.96. The molecule has 2 rings (SSSR count). The molecule has 0 saturated carbocycles. The molecule has 0 radical (unpaired) electrons. The zero-order chi connectivity index (χ0) is 12.1. The zero-order valence-electron chi connectivity index (χ0n) is 10.3. The standard InChI is InChI=1S/C13H19N3S/c1-15-5-7-16(8-6-15)10-13-9-12(11-17-13)3-2-4-14/h9,11H,4-8,10,14H2,1H3. The maximum atomic E-state index is 5.36. The first-order chi connectivity index (χ1) is 8.28. The van der Waals surface area contributed by atoms with Gasteiger partial charge in [0.15, 0.2) is 0 Å². The van der Waals surface area contributed by atoms with Crippen LogP contribution in [0.5, 0.6) is 0 Å². The maximum absolute atomic E-state index is 5.36. The van der Waals surface area contributed by atoms with Crippen molar-refractivity contribution in [3.8, 4) is 11.8 Å². The fourth-order valence-corrected chi connectivity index (χ4v) is 2.77. The van der Waals surface area contributed by atoms with E-state index in [0.29, 0.717) is 6.54 Å². The normalized spacial score (nSPS) is 17.8. The summed E-state index contributed by atoms with van der Waals surface area (Å²) in [6.07, 6.45) is 0. The molecule has 0 unspecified atom stereocenters. The largest absolute Gasteiger partial charge is 0.320 e. The van der Waals surface area contributed by atoms with Crippen LogP contribution in [0.15, 0.2) is 11.4 Å². The van der Waals surface area contributed by atoms with Crippen molar-refractivity contribution >= 4 is 11.3 Å². The van der Waals surface area contributed by atoms with Crippen LogP contribution in [0.4, 0.5) is 0 Å². The van der Waals surface area contributed by atoms with Crippen LogP contribution in [0, 0.1) is 11.8 Å². The van der Waals surface area contributed by atoms with Crippen molar-refractivity contribution in [2.45, 2.75) is 6.54 Å². The summed E-state index contributed by atoms with van der Waals surface area (Å²) in [5.74, 6) is 5.97. The Hall–Kier alpha value is -0.860. The van der Waals surface area contributed by atoms with Crippen LogP contribution in [-0.4, -0.2) is 49.6 Å². The van der Waals surface area contributed by atoms with Crippen molar-refractivity contribution in [3.63, 3.8) is 0 Å². The average Bonchev–Trinajstić information content (AvgIpc) is 2.77. The van der Waals surface area contributed by atoms with E-state index in [1.807, 2.05) is 0 Å². The van der Waals surface area contributed by atoms with Gasteiger partial charge in [0.1, 0.15) is 0 Å². The minimum absolute atomic E-state index is 0.434. The van der Waals surface area contributed by atoms with E-state index >= 15 is 0 Å². The van der Waals surface area contributed by atoms with Gasteiger partial charge in [-0.15, -0.1) is 11.3 Å². The Morgan fingerprint density at radius 3 is 2.82 bits per heavy atom. The Labute approximate surface area is 107 Å². The summed E-state index contributed by atoms with van der Waals surface area (Å²) < 4.78 is 0. The van der Waals surface area contributed by atoms with Crippen LogP contribution in [0.1, 0.15) is 10.4 Å². The van der Waals surface area contributed by atoms with Crippen LogP contribution in [0.2, 0.25) is 0 Å². The predicted molar refractivity (Wildman–Crippen MR) is 73.0 cm³/mol. The van der Waals surface area contributed by atoms with Crippen LogP contribution in [0.3, 0.4) is 0 Å². The number of nitrogens with two attached hydrogens (primary N) is 1. The van der Waals surface area contributed by atoms with E-state index in [1.165, 1.54) is 18.0 Å². The summed E-state index contributed by atoms with van der Waals surface area (Å²) in [6.45, 7) is 6.17. The van der Waals surface area contributed by atoms with E-state index in [4.69, 9.17) is 5.73 Å². The van der Waals surface area contributed by atoms with Gasteiger partial charge in [-0.3, -0.25) is 4.90 Å². The first-order valence-corrected chi connectivity index (χ1v) is 6.83. The van der Waals surface area contributed by atoms with E-state index < -0.39 is 0 Å². The van der Waals surface area contributed by atoms with Crippen molar-refractivity contribution in [2.75, 3.05) is 39.8 Å². The molecule has 0 bridgehead atoms. The van der Waals surface area contributed by atoms with E-state index in [1.54, 1.807) is 11.3 Å². The first-order valence-electron chi connectivity index (χ1n) is 5.95. The van der Waals surface area contributed by atoms with Gasteiger partial charge < -0.3 is 10.6 Å². The summed E-state index contributed by atoms with van der Waals surface area (Å²) in [6, 6.07) is 2.19.